The molecule has 2 rings (SSSR count). The molecule has 0 aromatic heterocycles. The molecule has 6 heteroatoms. The van der Waals surface area contributed by atoms with E-state index in [-0.39, 0.29) is 18.9 Å². The minimum absolute atomic E-state index is 0.0413. The molecule has 1 unspecified atom stereocenters. The number of nitrogens with two attached hydrogens (primary N) is 1. The zero-order chi connectivity index (χ0) is 14.5. The SMILES string of the molecule is NCc1ccccc1CC(=O)N1CCOCC1C(=O)O. The van der Waals surface area contributed by atoms with Crippen molar-refractivity contribution in [3.8, 4) is 0 Å². The Morgan fingerprint density at radius 1 is 1.35 bits per heavy atom. The van der Waals surface area contributed by atoms with Crippen molar-refractivity contribution in [3.05, 3.63) is 35.4 Å². The predicted octanol–water partition coefficient (Wildman–Crippen LogP) is -0.000200. The Bertz CT molecular complexity index is 504. The van der Waals surface area contributed by atoms with E-state index in [1.165, 1.54) is 4.90 Å². The summed E-state index contributed by atoms with van der Waals surface area (Å²) in [5, 5.41) is 9.13. The van der Waals surface area contributed by atoms with Crippen molar-refractivity contribution < 1.29 is 19.4 Å². The number of carboxylic acids is 1. The van der Waals surface area contributed by atoms with Gasteiger partial charge in [0, 0.05) is 13.1 Å². The summed E-state index contributed by atoms with van der Waals surface area (Å²) in [6.07, 6.45) is 0.164. The first-order chi connectivity index (χ1) is 9.63. The van der Waals surface area contributed by atoms with Crippen LogP contribution in [0.4, 0.5) is 0 Å². The van der Waals surface area contributed by atoms with Crippen molar-refractivity contribution in [2.75, 3.05) is 19.8 Å². The van der Waals surface area contributed by atoms with Gasteiger partial charge in [0.15, 0.2) is 6.04 Å². The Balaban J connectivity index is 2.12. The highest BCUT2D eigenvalue weighted by Gasteiger charge is 2.32. The maximum absolute atomic E-state index is 12.3. The van der Waals surface area contributed by atoms with Crippen molar-refractivity contribution in [2.45, 2.75) is 19.0 Å². The molecule has 0 aliphatic carbocycles. The standard InChI is InChI=1S/C14H18N2O4/c15-8-11-4-2-1-3-10(11)7-13(17)16-5-6-20-9-12(16)14(18)19/h1-4,12H,5-9,15H2,(H,18,19). The van der Waals surface area contributed by atoms with Crippen LogP contribution < -0.4 is 5.73 Å². The average molecular weight is 278 g/mol. The van der Waals surface area contributed by atoms with E-state index in [4.69, 9.17) is 15.6 Å². The van der Waals surface area contributed by atoms with Gasteiger partial charge < -0.3 is 20.5 Å². The molecular weight excluding hydrogens is 260 g/mol. The van der Waals surface area contributed by atoms with Gasteiger partial charge in [-0.15, -0.1) is 0 Å². The van der Waals surface area contributed by atoms with E-state index in [0.29, 0.717) is 19.7 Å². The number of hydrogen-bond donors (Lipinski definition) is 2. The number of carboxylic acid groups (broad SMARTS) is 1. The van der Waals surface area contributed by atoms with Crippen molar-refractivity contribution in [2.24, 2.45) is 5.73 Å². The number of amides is 1. The van der Waals surface area contributed by atoms with Crippen LogP contribution in [0.25, 0.3) is 0 Å². The number of morpholine rings is 1. The largest absolute Gasteiger partial charge is 0.480 e. The zero-order valence-electron chi connectivity index (χ0n) is 11.1. The van der Waals surface area contributed by atoms with Crippen LogP contribution in [-0.4, -0.2) is 47.7 Å². The molecule has 1 fully saturated rings. The summed E-state index contributed by atoms with van der Waals surface area (Å²) < 4.78 is 5.12. The molecule has 1 aliphatic rings. The molecule has 6 nitrogen and oxygen atoms in total. The smallest absolute Gasteiger partial charge is 0.328 e. The van der Waals surface area contributed by atoms with Gasteiger partial charge in [0.05, 0.1) is 19.6 Å². The molecule has 1 saturated heterocycles. The second-order valence-corrected chi connectivity index (χ2v) is 4.67. The Morgan fingerprint density at radius 2 is 2.05 bits per heavy atom. The Labute approximate surface area is 117 Å². The number of carbonyl (C=O) groups is 2. The lowest BCUT2D eigenvalue weighted by molar-refractivity contribution is -0.158. The highest BCUT2D eigenvalue weighted by molar-refractivity contribution is 5.85. The van der Waals surface area contributed by atoms with E-state index >= 15 is 0 Å². The second-order valence-electron chi connectivity index (χ2n) is 4.67. The summed E-state index contributed by atoms with van der Waals surface area (Å²) >= 11 is 0. The lowest BCUT2D eigenvalue weighted by atomic mass is 10.0. The van der Waals surface area contributed by atoms with E-state index < -0.39 is 12.0 Å². The van der Waals surface area contributed by atoms with Gasteiger partial charge in [0.25, 0.3) is 0 Å². The van der Waals surface area contributed by atoms with E-state index in [1.54, 1.807) is 0 Å². The van der Waals surface area contributed by atoms with Crippen LogP contribution in [0.3, 0.4) is 0 Å². The number of rotatable bonds is 4. The van der Waals surface area contributed by atoms with Gasteiger partial charge in [-0.05, 0) is 11.1 Å². The maximum Gasteiger partial charge on any atom is 0.328 e. The topological polar surface area (TPSA) is 92.9 Å². The highest BCUT2D eigenvalue weighted by atomic mass is 16.5. The quantitative estimate of drug-likeness (QED) is 0.808. The fourth-order valence-electron chi connectivity index (χ4n) is 2.30. The normalized spacial score (nSPS) is 18.9. The summed E-state index contributed by atoms with van der Waals surface area (Å²) in [7, 11) is 0. The first-order valence-corrected chi connectivity index (χ1v) is 6.50. The maximum atomic E-state index is 12.3. The third-order valence-corrected chi connectivity index (χ3v) is 3.41. The van der Waals surface area contributed by atoms with Crippen LogP contribution in [0.5, 0.6) is 0 Å². The Kier molecular flexibility index (Phi) is 4.70. The molecule has 1 amide bonds. The number of nitrogens with zero attached hydrogens (tertiary/aromatic N) is 1. The van der Waals surface area contributed by atoms with E-state index in [0.717, 1.165) is 11.1 Å². The molecule has 1 atom stereocenters. The molecule has 0 saturated carbocycles. The summed E-state index contributed by atoms with van der Waals surface area (Å²) in [4.78, 5) is 24.8. The van der Waals surface area contributed by atoms with Gasteiger partial charge in [0.1, 0.15) is 0 Å². The number of benzene rings is 1. The van der Waals surface area contributed by atoms with Crippen LogP contribution in [0.15, 0.2) is 24.3 Å². The van der Waals surface area contributed by atoms with Crippen molar-refractivity contribution in [3.63, 3.8) is 0 Å². The summed E-state index contributed by atoms with van der Waals surface area (Å²) in [6, 6.07) is 6.52. The average Bonchev–Trinajstić information content (AvgIpc) is 2.47. The van der Waals surface area contributed by atoms with Crippen molar-refractivity contribution in [1.82, 2.24) is 4.90 Å². The third kappa shape index (κ3) is 3.15. The van der Waals surface area contributed by atoms with Gasteiger partial charge in [0.2, 0.25) is 5.91 Å². The summed E-state index contributed by atoms with van der Waals surface area (Å²) in [5.41, 5.74) is 7.39. The summed E-state index contributed by atoms with van der Waals surface area (Å²) in [6.45, 7) is 1.07. The van der Waals surface area contributed by atoms with Gasteiger partial charge in [-0.2, -0.15) is 0 Å². The van der Waals surface area contributed by atoms with Gasteiger partial charge in [-0.1, -0.05) is 24.3 Å². The Morgan fingerprint density at radius 3 is 2.70 bits per heavy atom. The molecule has 0 spiro atoms. The monoisotopic (exact) mass is 278 g/mol. The lowest BCUT2D eigenvalue weighted by Gasteiger charge is -2.33. The number of hydrogen-bond acceptors (Lipinski definition) is 4. The van der Waals surface area contributed by atoms with Crippen LogP contribution in [-0.2, 0) is 27.3 Å². The molecule has 108 valence electrons. The Hall–Kier alpha value is -1.92. The third-order valence-electron chi connectivity index (χ3n) is 3.41. The minimum atomic E-state index is -1.04. The number of aliphatic carboxylic acids is 1. The molecule has 1 aromatic rings. The minimum Gasteiger partial charge on any atom is -0.480 e. The fraction of sp³-hybridized carbons (Fsp3) is 0.429. The molecule has 1 aromatic carbocycles. The van der Waals surface area contributed by atoms with Crippen LogP contribution in [0.2, 0.25) is 0 Å². The predicted molar refractivity (Wildman–Crippen MR) is 72.0 cm³/mol. The molecule has 3 N–H and O–H groups in total. The lowest BCUT2D eigenvalue weighted by Crippen LogP contribution is -2.53. The van der Waals surface area contributed by atoms with E-state index in [2.05, 4.69) is 0 Å². The van der Waals surface area contributed by atoms with Crippen molar-refractivity contribution in [1.29, 1.82) is 0 Å². The fourth-order valence-corrected chi connectivity index (χ4v) is 2.30. The molecule has 0 radical (unpaired) electrons. The van der Waals surface area contributed by atoms with E-state index in [9.17, 15) is 9.59 Å². The highest BCUT2D eigenvalue weighted by Crippen LogP contribution is 2.14. The molecule has 1 heterocycles. The van der Waals surface area contributed by atoms with Crippen LogP contribution in [0, 0.1) is 0 Å². The molecule has 20 heavy (non-hydrogen) atoms. The van der Waals surface area contributed by atoms with Crippen molar-refractivity contribution >= 4 is 11.9 Å². The molecule has 0 bridgehead atoms. The number of carbonyl (C=O) groups excluding carboxylic acids is 1. The van der Waals surface area contributed by atoms with Gasteiger partial charge in [-0.3, -0.25) is 4.79 Å². The molecular formula is C14H18N2O4. The van der Waals surface area contributed by atoms with Gasteiger partial charge >= 0.3 is 5.97 Å². The zero-order valence-corrected chi connectivity index (χ0v) is 11.1. The van der Waals surface area contributed by atoms with E-state index in [1.807, 2.05) is 24.3 Å². The first kappa shape index (κ1) is 14.5. The van der Waals surface area contributed by atoms with Crippen LogP contribution in [0.1, 0.15) is 11.1 Å². The summed E-state index contributed by atoms with van der Waals surface area (Å²) in [5.74, 6) is -1.24. The number of ether oxygens (including phenoxy) is 1. The first-order valence-electron chi connectivity index (χ1n) is 6.50. The van der Waals surface area contributed by atoms with Gasteiger partial charge in [-0.25, -0.2) is 4.79 Å². The molecule has 1 aliphatic heterocycles. The van der Waals surface area contributed by atoms with Crippen LogP contribution >= 0.6 is 0 Å². The second kappa shape index (κ2) is 6.49.